The maximum atomic E-state index is 11.2. The fourth-order valence-electron chi connectivity index (χ4n) is 1.68. The van der Waals surface area contributed by atoms with Crippen LogP contribution in [-0.4, -0.2) is 10.6 Å². The Morgan fingerprint density at radius 1 is 1.20 bits per heavy atom. The molecule has 0 unspecified atom stereocenters. The highest BCUT2D eigenvalue weighted by molar-refractivity contribution is 5.82. The van der Waals surface area contributed by atoms with Crippen molar-refractivity contribution in [2.75, 3.05) is 0 Å². The molecule has 0 aliphatic rings. The Bertz CT molecular complexity index is 486. The van der Waals surface area contributed by atoms with Gasteiger partial charge in [-0.3, -0.25) is 4.57 Å². The van der Waals surface area contributed by atoms with Crippen molar-refractivity contribution in [3.8, 4) is 11.3 Å². The lowest BCUT2D eigenvalue weighted by Gasteiger charge is -2.06. The lowest BCUT2D eigenvalue weighted by molar-refractivity contribution is 0.250. The van der Waals surface area contributed by atoms with Crippen molar-refractivity contribution in [2.45, 2.75) is 6.92 Å². The summed E-state index contributed by atoms with van der Waals surface area (Å²) in [5, 5.41) is 0. The molecule has 0 saturated heterocycles. The molecule has 1 aromatic carbocycles. The molecule has 2 rings (SSSR count). The van der Waals surface area contributed by atoms with Gasteiger partial charge in [-0.05, 0) is 24.1 Å². The highest BCUT2D eigenvalue weighted by Crippen LogP contribution is 2.23. The predicted molar refractivity (Wildman–Crippen MR) is 59.6 cm³/mol. The molecule has 1 aromatic heterocycles. The van der Waals surface area contributed by atoms with Crippen LogP contribution >= 0.6 is 0 Å². The van der Waals surface area contributed by atoms with Crippen LogP contribution in [0.5, 0.6) is 0 Å². The van der Waals surface area contributed by atoms with E-state index >= 15 is 0 Å². The first-order valence-electron chi connectivity index (χ1n) is 4.73. The van der Waals surface area contributed by atoms with Crippen LogP contribution in [0.15, 0.2) is 42.6 Å². The third-order valence-electron chi connectivity index (χ3n) is 2.37. The third-order valence-corrected chi connectivity index (χ3v) is 2.37. The van der Waals surface area contributed by atoms with Gasteiger partial charge in [0.1, 0.15) is 0 Å². The van der Waals surface area contributed by atoms with Crippen LogP contribution in [0.1, 0.15) is 5.56 Å². The van der Waals surface area contributed by atoms with E-state index in [4.69, 9.17) is 5.73 Å². The standard InChI is InChI=1S/C12H12N2O/c1-9-7-8-14(12(13)15)11(9)10-5-3-2-4-6-10/h2-8H,1H3,(H2,13,15). The number of aromatic nitrogens is 1. The first-order valence-corrected chi connectivity index (χ1v) is 4.73. The molecule has 0 bridgehead atoms. The number of nitrogens with two attached hydrogens (primary N) is 1. The number of aryl methyl sites for hydroxylation is 1. The molecule has 15 heavy (non-hydrogen) atoms. The van der Waals surface area contributed by atoms with Gasteiger partial charge in [0.25, 0.3) is 0 Å². The second kappa shape index (κ2) is 3.61. The Morgan fingerprint density at radius 3 is 2.47 bits per heavy atom. The SMILES string of the molecule is Cc1ccn(C(N)=O)c1-c1ccccc1. The lowest BCUT2D eigenvalue weighted by atomic mass is 10.1. The first-order chi connectivity index (χ1) is 7.20. The van der Waals surface area contributed by atoms with Gasteiger partial charge in [-0.25, -0.2) is 4.79 Å². The van der Waals surface area contributed by atoms with Crippen molar-refractivity contribution in [1.29, 1.82) is 0 Å². The number of hydrogen-bond acceptors (Lipinski definition) is 1. The Balaban J connectivity index is 2.62. The van der Waals surface area contributed by atoms with Gasteiger partial charge < -0.3 is 5.73 Å². The molecule has 0 fully saturated rings. The van der Waals surface area contributed by atoms with E-state index in [-0.39, 0.29) is 0 Å². The Hall–Kier alpha value is -2.03. The Labute approximate surface area is 88.1 Å². The van der Waals surface area contributed by atoms with Gasteiger partial charge in [-0.1, -0.05) is 30.3 Å². The van der Waals surface area contributed by atoms with E-state index in [0.717, 1.165) is 16.8 Å². The molecule has 2 aromatic rings. The summed E-state index contributed by atoms with van der Waals surface area (Å²) in [5.41, 5.74) is 8.19. The summed E-state index contributed by atoms with van der Waals surface area (Å²) in [6.45, 7) is 1.96. The van der Waals surface area contributed by atoms with Crippen molar-refractivity contribution < 1.29 is 4.79 Å². The molecule has 2 N–H and O–H groups in total. The Kier molecular flexibility index (Phi) is 2.29. The number of benzene rings is 1. The summed E-state index contributed by atoms with van der Waals surface area (Å²) < 4.78 is 1.46. The smallest absolute Gasteiger partial charge is 0.323 e. The van der Waals surface area contributed by atoms with Crippen LogP contribution in [0, 0.1) is 6.92 Å². The zero-order valence-electron chi connectivity index (χ0n) is 8.47. The van der Waals surface area contributed by atoms with Crippen LogP contribution in [0.2, 0.25) is 0 Å². The fraction of sp³-hybridized carbons (Fsp3) is 0.0833. The van der Waals surface area contributed by atoms with Gasteiger partial charge in [0.15, 0.2) is 0 Å². The van der Waals surface area contributed by atoms with Crippen molar-refractivity contribution in [3.05, 3.63) is 48.2 Å². The van der Waals surface area contributed by atoms with Crippen LogP contribution in [0.25, 0.3) is 11.3 Å². The van der Waals surface area contributed by atoms with E-state index in [0.29, 0.717) is 0 Å². The van der Waals surface area contributed by atoms with E-state index in [1.54, 1.807) is 6.20 Å². The second-order valence-corrected chi connectivity index (χ2v) is 3.42. The number of primary amides is 1. The molecular weight excluding hydrogens is 188 g/mol. The molecule has 0 aliphatic carbocycles. The number of rotatable bonds is 1. The summed E-state index contributed by atoms with van der Waals surface area (Å²) in [6.07, 6.45) is 1.69. The van der Waals surface area contributed by atoms with E-state index in [1.165, 1.54) is 4.57 Å². The number of amides is 1. The second-order valence-electron chi connectivity index (χ2n) is 3.42. The highest BCUT2D eigenvalue weighted by Gasteiger charge is 2.10. The maximum absolute atomic E-state index is 11.2. The zero-order valence-corrected chi connectivity index (χ0v) is 8.47. The highest BCUT2D eigenvalue weighted by atomic mass is 16.2. The molecule has 0 atom stereocenters. The molecular formula is C12H12N2O. The number of hydrogen-bond donors (Lipinski definition) is 1. The Morgan fingerprint density at radius 2 is 1.87 bits per heavy atom. The van der Waals surface area contributed by atoms with Crippen LogP contribution in [-0.2, 0) is 0 Å². The van der Waals surface area contributed by atoms with Crippen LogP contribution in [0.3, 0.4) is 0 Å². The molecule has 0 saturated carbocycles. The molecule has 1 heterocycles. The van der Waals surface area contributed by atoms with Gasteiger partial charge in [0.2, 0.25) is 0 Å². The summed E-state index contributed by atoms with van der Waals surface area (Å²) in [7, 11) is 0. The summed E-state index contributed by atoms with van der Waals surface area (Å²) >= 11 is 0. The van der Waals surface area contributed by atoms with Crippen molar-refractivity contribution in [2.24, 2.45) is 5.73 Å². The van der Waals surface area contributed by atoms with Gasteiger partial charge in [-0.15, -0.1) is 0 Å². The minimum atomic E-state index is -0.457. The normalized spacial score (nSPS) is 10.2. The van der Waals surface area contributed by atoms with E-state index in [1.807, 2.05) is 43.3 Å². The first kappa shape index (κ1) is 9.52. The molecule has 3 heteroatoms. The van der Waals surface area contributed by atoms with E-state index < -0.39 is 6.03 Å². The summed E-state index contributed by atoms with van der Waals surface area (Å²) in [6, 6.07) is 11.2. The maximum Gasteiger partial charge on any atom is 0.323 e. The fourth-order valence-corrected chi connectivity index (χ4v) is 1.68. The van der Waals surface area contributed by atoms with Gasteiger partial charge in [-0.2, -0.15) is 0 Å². The van der Waals surface area contributed by atoms with E-state index in [9.17, 15) is 4.79 Å². The lowest BCUT2D eigenvalue weighted by Crippen LogP contribution is -2.19. The molecule has 0 aliphatic heterocycles. The third kappa shape index (κ3) is 1.64. The molecule has 0 radical (unpaired) electrons. The average Bonchev–Trinajstić information content (AvgIpc) is 2.61. The average molecular weight is 200 g/mol. The molecule has 1 amide bonds. The van der Waals surface area contributed by atoms with Gasteiger partial charge in [0.05, 0.1) is 5.69 Å². The van der Waals surface area contributed by atoms with Crippen molar-refractivity contribution >= 4 is 6.03 Å². The minimum Gasteiger partial charge on any atom is -0.351 e. The van der Waals surface area contributed by atoms with E-state index in [2.05, 4.69) is 0 Å². The summed E-state index contributed by atoms with van der Waals surface area (Å²) in [4.78, 5) is 11.2. The zero-order chi connectivity index (χ0) is 10.8. The number of nitrogens with zero attached hydrogens (tertiary/aromatic N) is 1. The molecule has 3 nitrogen and oxygen atoms in total. The number of carbonyl (C=O) groups excluding carboxylic acids is 1. The largest absolute Gasteiger partial charge is 0.351 e. The van der Waals surface area contributed by atoms with Gasteiger partial charge >= 0.3 is 6.03 Å². The predicted octanol–water partition coefficient (Wildman–Crippen LogP) is 2.39. The molecule has 76 valence electrons. The van der Waals surface area contributed by atoms with Crippen molar-refractivity contribution in [3.63, 3.8) is 0 Å². The van der Waals surface area contributed by atoms with Crippen molar-refractivity contribution in [1.82, 2.24) is 4.57 Å². The van der Waals surface area contributed by atoms with Crippen LogP contribution in [0.4, 0.5) is 4.79 Å². The van der Waals surface area contributed by atoms with Gasteiger partial charge in [0, 0.05) is 6.20 Å². The number of carbonyl (C=O) groups is 1. The summed E-state index contributed by atoms with van der Waals surface area (Å²) in [5.74, 6) is 0. The molecule has 0 spiro atoms. The van der Waals surface area contributed by atoms with Crippen LogP contribution < -0.4 is 5.73 Å². The quantitative estimate of drug-likeness (QED) is 0.754. The monoisotopic (exact) mass is 200 g/mol. The topological polar surface area (TPSA) is 48.0 Å². The minimum absolute atomic E-state index is 0.457.